The van der Waals surface area contributed by atoms with E-state index in [-0.39, 0.29) is 0 Å². The molecule has 0 aliphatic heterocycles. The second-order valence-corrected chi connectivity index (χ2v) is 5.08. The summed E-state index contributed by atoms with van der Waals surface area (Å²) in [5.41, 5.74) is 6.67. The van der Waals surface area contributed by atoms with Crippen molar-refractivity contribution in [2.75, 3.05) is 26.8 Å². The Bertz CT molecular complexity index is 316. The predicted molar refractivity (Wildman–Crippen MR) is 72.3 cm³/mol. The summed E-state index contributed by atoms with van der Waals surface area (Å²) in [5.74, 6) is 0. The maximum atomic E-state index is 5.52. The Morgan fingerprint density at radius 1 is 1.59 bits per heavy atom. The molecule has 1 aromatic rings. The molecule has 4 nitrogen and oxygen atoms in total. The highest BCUT2D eigenvalue weighted by atomic mass is 32.1. The summed E-state index contributed by atoms with van der Waals surface area (Å²) < 4.78 is 5.19. The minimum atomic E-state index is 0.421. The minimum absolute atomic E-state index is 0.421. The van der Waals surface area contributed by atoms with E-state index in [0.717, 1.165) is 36.8 Å². The monoisotopic (exact) mass is 257 g/mol. The van der Waals surface area contributed by atoms with E-state index in [9.17, 15) is 0 Å². The van der Waals surface area contributed by atoms with Gasteiger partial charge in [-0.15, -0.1) is 11.3 Å². The van der Waals surface area contributed by atoms with E-state index in [2.05, 4.69) is 29.1 Å². The number of methoxy groups -OCH3 is 1. The maximum absolute atomic E-state index is 5.52. The van der Waals surface area contributed by atoms with Crippen LogP contribution in [-0.2, 0) is 17.7 Å². The molecular weight excluding hydrogens is 234 g/mol. The van der Waals surface area contributed by atoms with E-state index >= 15 is 0 Å². The standard InChI is InChI=1S/C12H23N3OS/c1-4-15(10(2)8-16-3)7-11-9-17-12(14-11)5-6-13/h9-10H,4-8,13H2,1-3H3. The lowest BCUT2D eigenvalue weighted by Crippen LogP contribution is -2.35. The van der Waals surface area contributed by atoms with Gasteiger partial charge in [0.15, 0.2) is 0 Å². The normalized spacial score (nSPS) is 13.2. The molecule has 1 atom stereocenters. The first-order valence-corrected chi connectivity index (χ1v) is 6.95. The van der Waals surface area contributed by atoms with Crippen LogP contribution >= 0.6 is 11.3 Å². The lowest BCUT2D eigenvalue weighted by Gasteiger charge is -2.26. The van der Waals surface area contributed by atoms with Crippen LogP contribution in [0.15, 0.2) is 5.38 Å². The molecule has 0 amide bonds. The third kappa shape index (κ3) is 4.71. The highest BCUT2D eigenvalue weighted by Crippen LogP contribution is 2.13. The fourth-order valence-corrected chi connectivity index (χ4v) is 2.60. The highest BCUT2D eigenvalue weighted by molar-refractivity contribution is 7.09. The molecule has 0 spiro atoms. The molecule has 0 radical (unpaired) electrons. The number of thiazole rings is 1. The summed E-state index contributed by atoms with van der Waals surface area (Å²) >= 11 is 1.70. The number of likely N-dealkylation sites (N-methyl/N-ethyl adjacent to an activating group) is 1. The van der Waals surface area contributed by atoms with Crippen LogP contribution in [0.3, 0.4) is 0 Å². The Balaban J connectivity index is 2.54. The van der Waals surface area contributed by atoms with Gasteiger partial charge in [-0.25, -0.2) is 4.98 Å². The Labute approximate surface area is 108 Å². The first-order chi connectivity index (χ1) is 8.21. The van der Waals surface area contributed by atoms with Gasteiger partial charge < -0.3 is 10.5 Å². The Kier molecular flexibility index (Phi) is 6.65. The molecule has 0 aromatic carbocycles. The average molecular weight is 257 g/mol. The summed E-state index contributed by atoms with van der Waals surface area (Å²) in [6.07, 6.45) is 0.879. The number of hydrogen-bond acceptors (Lipinski definition) is 5. The lowest BCUT2D eigenvalue weighted by molar-refractivity contribution is 0.0975. The smallest absolute Gasteiger partial charge is 0.0941 e. The van der Waals surface area contributed by atoms with Gasteiger partial charge in [0.1, 0.15) is 0 Å². The molecule has 2 N–H and O–H groups in total. The van der Waals surface area contributed by atoms with E-state index in [0.29, 0.717) is 12.6 Å². The van der Waals surface area contributed by atoms with Crippen LogP contribution in [0.1, 0.15) is 24.5 Å². The van der Waals surface area contributed by atoms with Gasteiger partial charge in [0.25, 0.3) is 0 Å². The minimum Gasteiger partial charge on any atom is -0.383 e. The van der Waals surface area contributed by atoms with Gasteiger partial charge in [-0.1, -0.05) is 6.92 Å². The third-order valence-corrected chi connectivity index (χ3v) is 3.72. The maximum Gasteiger partial charge on any atom is 0.0941 e. The fourth-order valence-electron chi connectivity index (χ4n) is 1.79. The number of aromatic nitrogens is 1. The van der Waals surface area contributed by atoms with Gasteiger partial charge in [0.2, 0.25) is 0 Å². The summed E-state index contributed by atoms with van der Waals surface area (Å²) in [6.45, 7) is 7.67. The second-order valence-electron chi connectivity index (χ2n) is 4.14. The van der Waals surface area contributed by atoms with E-state index in [1.807, 2.05) is 0 Å². The molecule has 17 heavy (non-hydrogen) atoms. The molecule has 5 heteroatoms. The number of nitrogens with zero attached hydrogens (tertiary/aromatic N) is 2. The average Bonchev–Trinajstić information content (AvgIpc) is 2.74. The van der Waals surface area contributed by atoms with Crippen molar-refractivity contribution in [2.24, 2.45) is 5.73 Å². The molecule has 0 saturated heterocycles. The Morgan fingerprint density at radius 3 is 2.94 bits per heavy atom. The Hall–Kier alpha value is -0.490. The van der Waals surface area contributed by atoms with Crippen LogP contribution in [-0.4, -0.2) is 42.7 Å². The molecule has 1 unspecified atom stereocenters. The number of hydrogen-bond donors (Lipinski definition) is 1. The van der Waals surface area contributed by atoms with Gasteiger partial charge in [0, 0.05) is 31.5 Å². The van der Waals surface area contributed by atoms with Crippen molar-refractivity contribution < 1.29 is 4.74 Å². The summed E-state index contributed by atoms with van der Waals surface area (Å²) in [7, 11) is 1.74. The van der Waals surface area contributed by atoms with Crippen molar-refractivity contribution in [3.8, 4) is 0 Å². The summed E-state index contributed by atoms with van der Waals surface area (Å²) in [4.78, 5) is 6.95. The zero-order chi connectivity index (χ0) is 12.7. The molecule has 0 bridgehead atoms. The first-order valence-electron chi connectivity index (χ1n) is 6.07. The molecule has 0 aliphatic carbocycles. The van der Waals surface area contributed by atoms with Crippen LogP contribution in [0.2, 0.25) is 0 Å². The second kappa shape index (κ2) is 7.76. The number of rotatable bonds is 8. The predicted octanol–water partition coefficient (Wildman–Crippen LogP) is 1.50. The van der Waals surface area contributed by atoms with Crippen molar-refractivity contribution in [3.05, 3.63) is 16.1 Å². The molecule has 1 heterocycles. The van der Waals surface area contributed by atoms with Gasteiger partial charge in [0.05, 0.1) is 17.3 Å². The SMILES string of the molecule is CCN(Cc1csc(CCN)n1)C(C)COC. The van der Waals surface area contributed by atoms with Gasteiger partial charge in [-0.2, -0.15) is 0 Å². The molecule has 98 valence electrons. The van der Waals surface area contributed by atoms with Crippen LogP contribution < -0.4 is 5.73 Å². The zero-order valence-corrected chi connectivity index (χ0v) is 11.8. The lowest BCUT2D eigenvalue weighted by atomic mass is 10.3. The van der Waals surface area contributed by atoms with Crippen LogP contribution in [0.25, 0.3) is 0 Å². The van der Waals surface area contributed by atoms with Crippen molar-refractivity contribution in [1.82, 2.24) is 9.88 Å². The quantitative estimate of drug-likeness (QED) is 0.767. The number of nitrogens with two attached hydrogens (primary N) is 1. The van der Waals surface area contributed by atoms with Gasteiger partial charge in [-0.05, 0) is 20.0 Å². The summed E-state index contributed by atoms with van der Waals surface area (Å²) in [6, 6.07) is 0.421. The zero-order valence-electron chi connectivity index (χ0n) is 11.0. The van der Waals surface area contributed by atoms with E-state index < -0.39 is 0 Å². The van der Waals surface area contributed by atoms with Crippen molar-refractivity contribution in [1.29, 1.82) is 0 Å². The van der Waals surface area contributed by atoms with Crippen molar-refractivity contribution in [2.45, 2.75) is 32.9 Å². The first kappa shape index (κ1) is 14.6. The molecule has 0 aliphatic rings. The molecule has 0 saturated carbocycles. The number of ether oxygens (including phenoxy) is 1. The molecule has 1 rings (SSSR count). The fraction of sp³-hybridized carbons (Fsp3) is 0.750. The van der Waals surface area contributed by atoms with E-state index in [1.54, 1.807) is 18.4 Å². The van der Waals surface area contributed by atoms with Crippen molar-refractivity contribution in [3.63, 3.8) is 0 Å². The summed E-state index contributed by atoms with van der Waals surface area (Å²) in [5, 5.41) is 3.27. The molecular formula is C12H23N3OS. The highest BCUT2D eigenvalue weighted by Gasteiger charge is 2.13. The third-order valence-electron chi connectivity index (χ3n) is 2.76. The van der Waals surface area contributed by atoms with E-state index in [1.165, 1.54) is 0 Å². The van der Waals surface area contributed by atoms with Crippen LogP contribution in [0.4, 0.5) is 0 Å². The largest absolute Gasteiger partial charge is 0.383 e. The van der Waals surface area contributed by atoms with Crippen molar-refractivity contribution >= 4 is 11.3 Å². The molecule has 0 fully saturated rings. The van der Waals surface area contributed by atoms with Crippen LogP contribution in [0.5, 0.6) is 0 Å². The van der Waals surface area contributed by atoms with Gasteiger partial charge >= 0.3 is 0 Å². The molecule has 1 aromatic heterocycles. The van der Waals surface area contributed by atoms with Gasteiger partial charge in [-0.3, -0.25) is 4.90 Å². The van der Waals surface area contributed by atoms with E-state index in [4.69, 9.17) is 10.5 Å². The Morgan fingerprint density at radius 2 is 2.35 bits per heavy atom. The van der Waals surface area contributed by atoms with Crippen LogP contribution in [0, 0.1) is 0 Å². The topological polar surface area (TPSA) is 51.4 Å².